The van der Waals surface area contributed by atoms with E-state index >= 15 is 0 Å². The summed E-state index contributed by atoms with van der Waals surface area (Å²) < 4.78 is 26.0. The first-order valence-corrected chi connectivity index (χ1v) is 8.08. The minimum absolute atomic E-state index is 0.284. The Morgan fingerprint density at radius 3 is 2.32 bits per heavy atom. The van der Waals surface area contributed by atoms with Gasteiger partial charge in [-0.25, -0.2) is 13.1 Å². The highest BCUT2D eigenvalue weighted by Gasteiger charge is 2.12. The average molecular weight is 285 g/mol. The number of benzene rings is 1. The van der Waals surface area contributed by atoms with Crippen LogP contribution in [0.5, 0.6) is 0 Å². The van der Waals surface area contributed by atoms with Gasteiger partial charge < -0.3 is 11.1 Å². The van der Waals surface area contributed by atoms with E-state index in [1.54, 1.807) is 31.2 Å². The summed E-state index contributed by atoms with van der Waals surface area (Å²) in [6.07, 6.45) is 1.88. The SMILES string of the molecule is CCNS(=O)(=O)c1ccc(NC(CC)CCN)cc1. The number of nitrogens with two attached hydrogens (primary N) is 1. The second-order valence-electron chi connectivity index (χ2n) is 4.35. The molecule has 0 saturated heterocycles. The molecule has 0 radical (unpaired) electrons. The van der Waals surface area contributed by atoms with Gasteiger partial charge >= 0.3 is 0 Å². The second-order valence-corrected chi connectivity index (χ2v) is 6.12. The van der Waals surface area contributed by atoms with Gasteiger partial charge in [-0.05, 0) is 43.7 Å². The molecule has 0 heterocycles. The molecule has 1 aromatic carbocycles. The van der Waals surface area contributed by atoms with Crippen LogP contribution in [0.3, 0.4) is 0 Å². The molecule has 1 aromatic rings. The van der Waals surface area contributed by atoms with Crippen LogP contribution in [-0.4, -0.2) is 27.5 Å². The van der Waals surface area contributed by atoms with Gasteiger partial charge in [0, 0.05) is 18.3 Å². The van der Waals surface area contributed by atoms with E-state index < -0.39 is 10.0 Å². The third-order valence-electron chi connectivity index (χ3n) is 2.88. The molecule has 0 spiro atoms. The average Bonchev–Trinajstić information content (AvgIpc) is 2.39. The van der Waals surface area contributed by atoms with E-state index in [-0.39, 0.29) is 4.90 Å². The van der Waals surface area contributed by atoms with Gasteiger partial charge in [-0.3, -0.25) is 0 Å². The van der Waals surface area contributed by atoms with Gasteiger partial charge in [-0.1, -0.05) is 13.8 Å². The molecular formula is C13H23N3O2S. The third-order valence-corrected chi connectivity index (χ3v) is 4.44. The van der Waals surface area contributed by atoms with E-state index in [0.717, 1.165) is 18.5 Å². The topological polar surface area (TPSA) is 84.2 Å². The van der Waals surface area contributed by atoms with E-state index in [2.05, 4.69) is 17.0 Å². The summed E-state index contributed by atoms with van der Waals surface area (Å²) in [5, 5.41) is 3.35. The summed E-state index contributed by atoms with van der Waals surface area (Å²) in [7, 11) is -3.37. The fourth-order valence-electron chi connectivity index (χ4n) is 1.82. The third kappa shape index (κ3) is 4.81. The first kappa shape index (κ1) is 15.9. The highest BCUT2D eigenvalue weighted by atomic mass is 32.2. The van der Waals surface area contributed by atoms with Gasteiger partial charge in [0.05, 0.1) is 4.90 Å². The van der Waals surface area contributed by atoms with Gasteiger partial charge in [0.25, 0.3) is 0 Å². The fraction of sp³-hybridized carbons (Fsp3) is 0.538. The van der Waals surface area contributed by atoms with Crippen LogP contribution in [0.4, 0.5) is 5.69 Å². The Morgan fingerprint density at radius 1 is 1.21 bits per heavy atom. The summed E-state index contributed by atoms with van der Waals surface area (Å²) in [5.74, 6) is 0. The predicted octanol–water partition coefficient (Wildman–Crippen LogP) is 1.52. The van der Waals surface area contributed by atoms with Crippen LogP contribution < -0.4 is 15.8 Å². The van der Waals surface area contributed by atoms with Crippen molar-refractivity contribution in [3.63, 3.8) is 0 Å². The Labute approximate surface area is 115 Å². The Bertz CT molecular complexity index is 471. The van der Waals surface area contributed by atoms with E-state index in [1.807, 2.05) is 0 Å². The molecule has 4 N–H and O–H groups in total. The number of rotatable bonds is 8. The number of hydrogen-bond acceptors (Lipinski definition) is 4. The molecule has 1 unspecified atom stereocenters. The largest absolute Gasteiger partial charge is 0.382 e. The highest BCUT2D eigenvalue weighted by molar-refractivity contribution is 7.89. The summed E-state index contributed by atoms with van der Waals surface area (Å²) in [6.45, 7) is 4.87. The van der Waals surface area contributed by atoms with Crippen LogP contribution in [0.15, 0.2) is 29.2 Å². The zero-order valence-electron chi connectivity index (χ0n) is 11.5. The van der Waals surface area contributed by atoms with Gasteiger partial charge in [-0.2, -0.15) is 0 Å². The van der Waals surface area contributed by atoms with Crippen molar-refractivity contribution in [2.24, 2.45) is 5.73 Å². The number of hydrogen-bond donors (Lipinski definition) is 3. The zero-order valence-corrected chi connectivity index (χ0v) is 12.3. The lowest BCUT2D eigenvalue weighted by atomic mass is 10.1. The van der Waals surface area contributed by atoms with Gasteiger partial charge in [0.15, 0.2) is 0 Å². The zero-order chi connectivity index (χ0) is 14.3. The molecule has 0 saturated carbocycles. The highest BCUT2D eigenvalue weighted by Crippen LogP contribution is 2.16. The van der Waals surface area contributed by atoms with E-state index in [4.69, 9.17) is 5.73 Å². The van der Waals surface area contributed by atoms with Crippen molar-refractivity contribution in [3.8, 4) is 0 Å². The van der Waals surface area contributed by atoms with E-state index in [9.17, 15) is 8.42 Å². The van der Waals surface area contributed by atoms with Crippen LogP contribution in [0.25, 0.3) is 0 Å². The van der Waals surface area contributed by atoms with Crippen molar-refractivity contribution in [2.75, 3.05) is 18.4 Å². The Balaban J connectivity index is 2.76. The van der Waals surface area contributed by atoms with Crippen LogP contribution in [0, 0.1) is 0 Å². The van der Waals surface area contributed by atoms with Crippen molar-refractivity contribution < 1.29 is 8.42 Å². The molecule has 0 bridgehead atoms. The van der Waals surface area contributed by atoms with Crippen molar-refractivity contribution in [1.29, 1.82) is 0 Å². The Hall–Kier alpha value is -1.11. The summed E-state index contributed by atoms with van der Waals surface area (Å²) in [5.41, 5.74) is 6.46. The summed E-state index contributed by atoms with van der Waals surface area (Å²) >= 11 is 0. The molecule has 0 aliphatic heterocycles. The molecule has 0 aliphatic rings. The molecule has 1 atom stereocenters. The minimum Gasteiger partial charge on any atom is -0.382 e. The monoisotopic (exact) mass is 285 g/mol. The standard InChI is InChI=1S/C13H23N3O2S/c1-3-11(9-10-14)16-12-5-7-13(8-6-12)19(17,18)15-4-2/h5-8,11,15-16H,3-4,9-10,14H2,1-2H3. The lowest BCUT2D eigenvalue weighted by molar-refractivity contribution is 0.584. The van der Waals surface area contributed by atoms with Gasteiger partial charge in [0.2, 0.25) is 10.0 Å². The Morgan fingerprint density at radius 2 is 1.84 bits per heavy atom. The van der Waals surface area contributed by atoms with E-state index in [0.29, 0.717) is 19.1 Å². The summed E-state index contributed by atoms with van der Waals surface area (Å²) in [4.78, 5) is 0.284. The molecule has 6 heteroatoms. The molecule has 108 valence electrons. The second kappa shape index (κ2) is 7.47. The number of anilines is 1. The molecular weight excluding hydrogens is 262 g/mol. The first-order valence-electron chi connectivity index (χ1n) is 6.59. The van der Waals surface area contributed by atoms with Crippen molar-refractivity contribution in [1.82, 2.24) is 4.72 Å². The van der Waals surface area contributed by atoms with Crippen molar-refractivity contribution >= 4 is 15.7 Å². The van der Waals surface area contributed by atoms with Crippen LogP contribution >= 0.6 is 0 Å². The van der Waals surface area contributed by atoms with Crippen LogP contribution in [0.1, 0.15) is 26.7 Å². The molecule has 0 fully saturated rings. The lowest BCUT2D eigenvalue weighted by Crippen LogP contribution is -2.23. The van der Waals surface area contributed by atoms with E-state index in [1.165, 1.54) is 0 Å². The predicted molar refractivity (Wildman–Crippen MR) is 78.7 cm³/mol. The normalized spacial score (nSPS) is 13.2. The van der Waals surface area contributed by atoms with Crippen molar-refractivity contribution in [3.05, 3.63) is 24.3 Å². The number of nitrogens with one attached hydrogen (secondary N) is 2. The van der Waals surface area contributed by atoms with Gasteiger partial charge in [0.1, 0.15) is 0 Å². The molecule has 0 aromatic heterocycles. The van der Waals surface area contributed by atoms with Crippen LogP contribution in [0.2, 0.25) is 0 Å². The van der Waals surface area contributed by atoms with Gasteiger partial charge in [-0.15, -0.1) is 0 Å². The smallest absolute Gasteiger partial charge is 0.240 e. The number of sulfonamides is 1. The molecule has 0 amide bonds. The maximum absolute atomic E-state index is 11.8. The Kier molecular flexibility index (Phi) is 6.27. The molecule has 0 aliphatic carbocycles. The minimum atomic E-state index is -3.37. The maximum atomic E-state index is 11.8. The fourth-order valence-corrected chi connectivity index (χ4v) is 2.86. The molecule has 19 heavy (non-hydrogen) atoms. The summed E-state index contributed by atoms with van der Waals surface area (Å²) in [6, 6.07) is 7.10. The molecule has 5 nitrogen and oxygen atoms in total. The van der Waals surface area contributed by atoms with Crippen molar-refractivity contribution in [2.45, 2.75) is 37.6 Å². The lowest BCUT2D eigenvalue weighted by Gasteiger charge is -2.17. The quantitative estimate of drug-likeness (QED) is 0.676. The molecule has 1 rings (SSSR count). The first-order chi connectivity index (χ1) is 9.03. The maximum Gasteiger partial charge on any atom is 0.240 e. The van der Waals surface area contributed by atoms with Crippen LogP contribution in [-0.2, 0) is 10.0 Å².